The van der Waals surface area contributed by atoms with E-state index < -0.39 is 0 Å². The lowest BCUT2D eigenvalue weighted by atomic mass is 10.0. The van der Waals surface area contributed by atoms with Gasteiger partial charge in [-0.2, -0.15) is 0 Å². The van der Waals surface area contributed by atoms with Gasteiger partial charge in [0.05, 0.1) is 11.6 Å². The van der Waals surface area contributed by atoms with E-state index in [1.165, 1.54) is 12.3 Å². The molecule has 0 spiro atoms. The minimum Gasteiger partial charge on any atom is -0.490 e. The molecule has 21 heavy (non-hydrogen) atoms. The largest absolute Gasteiger partial charge is 0.490 e. The minimum absolute atomic E-state index is 0.0321. The Labute approximate surface area is 124 Å². The zero-order valence-corrected chi connectivity index (χ0v) is 12.5. The molecule has 1 aromatic carbocycles. The lowest BCUT2D eigenvalue weighted by Crippen LogP contribution is -2.30. The van der Waals surface area contributed by atoms with Crippen LogP contribution in [0.15, 0.2) is 39.7 Å². The van der Waals surface area contributed by atoms with Crippen LogP contribution in [0.2, 0.25) is 0 Å². The van der Waals surface area contributed by atoms with Crippen molar-refractivity contribution in [1.82, 2.24) is 4.90 Å². The topological polar surface area (TPSA) is 42.7 Å². The standard InChI is InChI=1S/C17H21NO3/c1-12-11-18(2)8-3-4-16(12)21-13-5-6-17-14(10-13)15(19)7-9-20-17/h5-7,9-10,12,16H,3-4,8,11H2,1-2H3. The van der Waals surface area contributed by atoms with Crippen molar-refractivity contribution in [1.29, 1.82) is 0 Å². The summed E-state index contributed by atoms with van der Waals surface area (Å²) in [5, 5.41) is 0.577. The second kappa shape index (κ2) is 5.90. The van der Waals surface area contributed by atoms with Crippen LogP contribution in [0.1, 0.15) is 19.8 Å². The Morgan fingerprint density at radius 3 is 3.05 bits per heavy atom. The molecule has 2 atom stereocenters. The maximum absolute atomic E-state index is 11.9. The summed E-state index contributed by atoms with van der Waals surface area (Å²) in [5.74, 6) is 1.22. The van der Waals surface area contributed by atoms with E-state index in [1.807, 2.05) is 6.07 Å². The number of hydrogen-bond donors (Lipinski definition) is 0. The molecular weight excluding hydrogens is 266 g/mol. The first-order chi connectivity index (χ1) is 10.1. The molecular formula is C17H21NO3. The first kappa shape index (κ1) is 14.1. The normalized spacial score (nSPS) is 23.9. The van der Waals surface area contributed by atoms with Crippen LogP contribution in [0.5, 0.6) is 5.75 Å². The quantitative estimate of drug-likeness (QED) is 0.852. The van der Waals surface area contributed by atoms with Crippen LogP contribution >= 0.6 is 0 Å². The SMILES string of the molecule is CC1CN(C)CCCC1Oc1ccc2occc(=O)c2c1. The summed E-state index contributed by atoms with van der Waals surface area (Å²) in [6.45, 7) is 4.38. The van der Waals surface area contributed by atoms with Crippen LogP contribution in [0.25, 0.3) is 11.0 Å². The van der Waals surface area contributed by atoms with Gasteiger partial charge in [0, 0.05) is 18.5 Å². The van der Waals surface area contributed by atoms with Crippen LogP contribution in [-0.4, -0.2) is 31.1 Å². The van der Waals surface area contributed by atoms with E-state index in [2.05, 4.69) is 18.9 Å². The van der Waals surface area contributed by atoms with Crippen LogP contribution in [0, 0.1) is 5.92 Å². The summed E-state index contributed by atoms with van der Waals surface area (Å²) in [5.41, 5.74) is 0.568. The maximum atomic E-state index is 11.9. The van der Waals surface area contributed by atoms with Gasteiger partial charge in [-0.15, -0.1) is 0 Å². The van der Waals surface area contributed by atoms with E-state index in [0.29, 0.717) is 16.9 Å². The summed E-state index contributed by atoms with van der Waals surface area (Å²) in [4.78, 5) is 14.2. The second-order valence-corrected chi connectivity index (χ2v) is 5.98. The molecule has 112 valence electrons. The van der Waals surface area contributed by atoms with Gasteiger partial charge in [-0.3, -0.25) is 4.79 Å². The van der Waals surface area contributed by atoms with E-state index in [0.717, 1.165) is 31.7 Å². The molecule has 1 aliphatic heterocycles. The fourth-order valence-electron chi connectivity index (χ4n) is 3.03. The Balaban J connectivity index is 1.84. The highest BCUT2D eigenvalue weighted by atomic mass is 16.5. The second-order valence-electron chi connectivity index (χ2n) is 5.98. The van der Waals surface area contributed by atoms with Crippen molar-refractivity contribution < 1.29 is 9.15 Å². The summed E-state index contributed by atoms with van der Waals surface area (Å²) < 4.78 is 11.5. The Bertz CT molecular complexity index is 679. The van der Waals surface area contributed by atoms with Crippen LogP contribution in [-0.2, 0) is 0 Å². The average Bonchev–Trinajstić information content (AvgIpc) is 2.61. The van der Waals surface area contributed by atoms with Crippen LogP contribution < -0.4 is 10.2 Å². The molecule has 4 heteroatoms. The van der Waals surface area contributed by atoms with Gasteiger partial charge in [-0.05, 0) is 44.6 Å². The third-order valence-electron chi connectivity index (χ3n) is 4.18. The highest BCUT2D eigenvalue weighted by Gasteiger charge is 2.23. The van der Waals surface area contributed by atoms with Crippen molar-refractivity contribution in [2.45, 2.75) is 25.9 Å². The molecule has 4 nitrogen and oxygen atoms in total. The van der Waals surface area contributed by atoms with E-state index in [4.69, 9.17) is 9.15 Å². The fourth-order valence-corrected chi connectivity index (χ4v) is 3.03. The van der Waals surface area contributed by atoms with Gasteiger partial charge in [0.25, 0.3) is 0 Å². The zero-order valence-electron chi connectivity index (χ0n) is 12.5. The molecule has 1 aromatic heterocycles. The Kier molecular flexibility index (Phi) is 3.97. The molecule has 0 aliphatic carbocycles. The monoisotopic (exact) mass is 287 g/mol. The van der Waals surface area contributed by atoms with Crippen molar-refractivity contribution in [2.24, 2.45) is 5.92 Å². The van der Waals surface area contributed by atoms with Gasteiger partial charge in [0.1, 0.15) is 17.4 Å². The Morgan fingerprint density at radius 2 is 2.19 bits per heavy atom. The average molecular weight is 287 g/mol. The fraction of sp³-hybridized carbons (Fsp3) is 0.471. The molecule has 0 N–H and O–H groups in total. The zero-order chi connectivity index (χ0) is 14.8. The van der Waals surface area contributed by atoms with Crippen molar-refractivity contribution >= 4 is 11.0 Å². The number of likely N-dealkylation sites (tertiary alicyclic amines) is 1. The molecule has 2 unspecified atom stereocenters. The smallest absolute Gasteiger partial charge is 0.192 e. The van der Waals surface area contributed by atoms with Crippen molar-refractivity contribution in [3.63, 3.8) is 0 Å². The number of benzene rings is 1. The van der Waals surface area contributed by atoms with Crippen molar-refractivity contribution in [3.05, 3.63) is 40.8 Å². The number of fused-ring (bicyclic) bond motifs is 1. The van der Waals surface area contributed by atoms with Crippen molar-refractivity contribution in [3.8, 4) is 5.75 Å². The molecule has 0 bridgehead atoms. The van der Waals surface area contributed by atoms with Crippen LogP contribution in [0.3, 0.4) is 0 Å². The Hall–Kier alpha value is -1.81. The minimum atomic E-state index is -0.0321. The molecule has 1 fully saturated rings. The number of ether oxygens (including phenoxy) is 1. The first-order valence-corrected chi connectivity index (χ1v) is 7.50. The van der Waals surface area contributed by atoms with E-state index >= 15 is 0 Å². The highest BCUT2D eigenvalue weighted by Crippen LogP contribution is 2.24. The van der Waals surface area contributed by atoms with Crippen molar-refractivity contribution in [2.75, 3.05) is 20.1 Å². The summed E-state index contributed by atoms with van der Waals surface area (Å²) >= 11 is 0. The predicted molar refractivity (Wildman–Crippen MR) is 82.8 cm³/mol. The predicted octanol–water partition coefficient (Wildman–Crippen LogP) is 2.90. The molecule has 0 amide bonds. The molecule has 0 radical (unpaired) electrons. The van der Waals surface area contributed by atoms with Gasteiger partial charge >= 0.3 is 0 Å². The van der Waals surface area contributed by atoms with E-state index in [1.54, 1.807) is 12.1 Å². The third kappa shape index (κ3) is 3.10. The molecule has 0 saturated carbocycles. The van der Waals surface area contributed by atoms with E-state index in [9.17, 15) is 4.79 Å². The summed E-state index contributed by atoms with van der Waals surface area (Å²) in [7, 11) is 2.15. The lowest BCUT2D eigenvalue weighted by Gasteiger charge is -2.24. The lowest BCUT2D eigenvalue weighted by molar-refractivity contribution is 0.131. The van der Waals surface area contributed by atoms with Gasteiger partial charge in [-0.1, -0.05) is 6.92 Å². The Morgan fingerprint density at radius 1 is 1.33 bits per heavy atom. The number of nitrogens with zero attached hydrogens (tertiary/aromatic N) is 1. The molecule has 2 heterocycles. The summed E-state index contributed by atoms with van der Waals surface area (Å²) in [6, 6.07) is 6.92. The highest BCUT2D eigenvalue weighted by molar-refractivity contribution is 5.77. The van der Waals surface area contributed by atoms with E-state index in [-0.39, 0.29) is 11.5 Å². The molecule has 1 saturated heterocycles. The number of rotatable bonds is 2. The van der Waals surface area contributed by atoms with Gasteiger partial charge in [0.2, 0.25) is 0 Å². The third-order valence-corrected chi connectivity index (χ3v) is 4.18. The van der Waals surface area contributed by atoms with Crippen LogP contribution in [0.4, 0.5) is 0 Å². The maximum Gasteiger partial charge on any atom is 0.192 e. The van der Waals surface area contributed by atoms with Gasteiger partial charge < -0.3 is 14.1 Å². The number of hydrogen-bond acceptors (Lipinski definition) is 4. The van der Waals surface area contributed by atoms with Gasteiger partial charge in [-0.25, -0.2) is 0 Å². The molecule has 2 aromatic rings. The van der Waals surface area contributed by atoms with Gasteiger partial charge in [0.15, 0.2) is 5.43 Å². The first-order valence-electron chi connectivity index (χ1n) is 7.50. The molecule has 3 rings (SSSR count). The summed E-state index contributed by atoms with van der Waals surface area (Å²) in [6.07, 6.45) is 3.81. The molecule has 1 aliphatic rings.